The molecule has 1 saturated heterocycles. The summed E-state index contributed by atoms with van der Waals surface area (Å²) in [6.07, 6.45) is 1.92. The molecule has 15 heavy (non-hydrogen) atoms. The molecule has 78 valence electrons. The zero-order chi connectivity index (χ0) is 11.0. The van der Waals surface area contributed by atoms with Crippen molar-refractivity contribution in [1.82, 2.24) is 4.90 Å². The first-order chi connectivity index (χ1) is 7.09. The second-order valence-electron chi connectivity index (χ2n) is 3.21. The fourth-order valence-corrected chi connectivity index (χ4v) is 3.29. The average molecular weight is 255 g/mol. The highest BCUT2D eigenvalue weighted by molar-refractivity contribution is 8.26. The number of nitrogens with zero attached hydrogens (tertiary/aromatic N) is 1. The van der Waals surface area contributed by atoms with Crippen molar-refractivity contribution in [3.05, 3.63) is 26.8 Å². The summed E-state index contributed by atoms with van der Waals surface area (Å²) in [5.41, 5.74) is 1.20. The van der Waals surface area contributed by atoms with E-state index in [1.807, 2.05) is 24.4 Å². The molecule has 1 aromatic rings. The van der Waals surface area contributed by atoms with Crippen molar-refractivity contribution in [3.8, 4) is 0 Å². The van der Waals surface area contributed by atoms with Crippen molar-refractivity contribution in [1.29, 1.82) is 0 Å². The van der Waals surface area contributed by atoms with E-state index in [0.717, 1.165) is 4.88 Å². The van der Waals surface area contributed by atoms with E-state index in [0.29, 0.717) is 9.23 Å². The van der Waals surface area contributed by atoms with Crippen LogP contribution in [0, 0.1) is 6.92 Å². The van der Waals surface area contributed by atoms with Gasteiger partial charge in [0.15, 0.2) is 0 Å². The van der Waals surface area contributed by atoms with Gasteiger partial charge < -0.3 is 0 Å². The summed E-state index contributed by atoms with van der Waals surface area (Å²) in [7, 11) is 1.71. The smallest absolute Gasteiger partial charge is 0.265 e. The Morgan fingerprint density at radius 2 is 2.27 bits per heavy atom. The molecule has 0 N–H and O–H groups in total. The van der Waals surface area contributed by atoms with Crippen molar-refractivity contribution in [3.63, 3.8) is 0 Å². The lowest BCUT2D eigenvalue weighted by Crippen LogP contribution is -2.22. The Hall–Kier alpha value is -0.650. The molecule has 5 heteroatoms. The number of likely N-dealkylation sites (N-methyl/N-ethyl adjacent to an activating group) is 1. The highest BCUT2D eigenvalue weighted by Gasteiger charge is 2.28. The predicted molar refractivity (Wildman–Crippen MR) is 70.0 cm³/mol. The Morgan fingerprint density at radius 3 is 2.73 bits per heavy atom. The van der Waals surface area contributed by atoms with E-state index < -0.39 is 0 Å². The fourth-order valence-electron chi connectivity index (χ4n) is 1.20. The van der Waals surface area contributed by atoms with Gasteiger partial charge in [0, 0.05) is 11.9 Å². The molecule has 1 amide bonds. The third kappa shape index (κ3) is 2.00. The summed E-state index contributed by atoms with van der Waals surface area (Å²) < 4.78 is 0.625. The van der Waals surface area contributed by atoms with Gasteiger partial charge in [0.05, 0.1) is 4.91 Å². The molecule has 1 fully saturated rings. The quantitative estimate of drug-likeness (QED) is 0.568. The molecule has 1 aliphatic heterocycles. The van der Waals surface area contributed by atoms with Crippen LogP contribution in [0.5, 0.6) is 0 Å². The largest absolute Gasteiger partial charge is 0.296 e. The van der Waals surface area contributed by atoms with Gasteiger partial charge in [-0.3, -0.25) is 9.69 Å². The first kappa shape index (κ1) is 10.9. The highest BCUT2D eigenvalue weighted by atomic mass is 32.2. The number of thioether (sulfide) groups is 1. The molecule has 0 atom stereocenters. The minimum Gasteiger partial charge on any atom is -0.296 e. The fraction of sp³-hybridized carbons (Fsp3) is 0.200. The number of thiocarbonyl (C=S) groups is 1. The van der Waals surface area contributed by atoms with Crippen molar-refractivity contribution < 1.29 is 4.79 Å². The summed E-state index contributed by atoms with van der Waals surface area (Å²) >= 11 is 8.06. The number of rotatable bonds is 1. The van der Waals surface area contributed by atoms with E-state index in [1.54, 1.807) is 18.4 Å². The molecule has 2 nitrogen and oxygen atoms in total. The zero-order valence-electron chi connectivity index (χ0n) is 8.31. The van der Waals surface area contributed by atoms with Gasteiger partial charge >= 0.3 is 0 Å². The Morgan fingerprint density at radius 1 is 1.53 bits per heavy atom. The summed E-state index contributed by atoms with van der Waals surface area (Å²) in [4.78, 5) is 15.1. The Balaban J connectivity index is 2.34. The number of hydrogen-bond donors (Lipinski definition) is 0. The van der Waals surface area contributed by atoms with Crippen LogP contribution in [0.25, 0.3) is 6.08 Å². The molecule has 0 spiro atoms. The van der Waals surface area contributed by atoms with E-state index in [4.69, 9.17) is 12.2 Å². The maximum absolute atomic E-state index is 11.7. The second-order valence-corrected chi connectivity index (χ2v) is 5.83. The van der Waals surface area contributed by atoms with E-state index in [9.17, 15) is 4.79 Å². The SMILES string of the molecule is Cc1ccsc1/C=C1\SC(=S)N(C)C1=O. The first-order valence-electron chi connectivity index (χ1n) is 4.35. The molecule has 0 radical (unpaired) electrons. The summed E-state index contributed by atoms with van der Waals surface area (Å²) in [6.45, 7) is 2.04. The summed E-state index contributed by atoms with van der Waals surface area (Å²) in [5.74, 6) is -0.00204. The van der Waals surface area contributed by atoms with Crippen LogP contribution in [0.3, 0.4) is 0 Å². The summed E-state index contributed by atoms with van der Waals surface area (Å²) in [6, 6.07) is 2.04. The molecule has 2 rings (SSSR count). The molecule has 2 heterocycles. The van der Waals surface area contributed by atoms with Crippen molar-refractivity contribution in [2.24, 2.45) is 0 Å². The van der Waals surface area contributed by atoms with Crippen molar-refractivity contribution >= 4 is 51.6 Å². The maximum atomic E-state index is 11.7. The minimum atomic E-state index is -0.00204. The van der Waals surface area contributed by atoms with Crippen LogP contribution in [0.15, 0.2) is 16.4 Å². The number of amides is 1. The van der Waals surface area contributed by atoms with Gasteiger partial charge in [-0.05, 0) is 30.0 Å². The lowest BCUT2D eigenvalue weighted by atomic mass is 10.3. The number of carbonyl (C=O) groups excluding carboxylic acids is 1. The normalized spacial score (nSPS) is 19.3. The van der Waals surface area contributed by atoms with Gasteiger partial charge in [-0.25, -0.2) is 0 Å². The van der Waals surface area contributed by atoms with Crippen molar-refractivity contribution in [2.45, 2.75) is 6.92 Å². The molecule has 1 aromatic heterocycles. The topological polar surface area (TPSA) is 20.3 Å². The Labute approximate surface area is 102 Å². The van der Waals surface area contributed by atoms with Crippen LogP contribution in [-0.4, -0.2) is 22.2 Å². The molecule has 0 unspecified atom stereocenters. The molecular formula is C10H9NOS3. The van der Waals surface area contributed by atoms with Gasteiger partial charge in [-0.15, -0.1) is 11.3 Å². The second kappa shape index (κ2) is 4.08. The number of thiophene rings is 1. The van der Waals surface area contributed by atoms with Crippen LogP contribution >= 0.6 is 35.3 Å². The van der Waals surface area contributed by atoms with Gasteiger partial charge in [0.25, 0.3) is 5.91 Å². The van der Waals surface area contributed by atoms with Crippen LogP contribution in [0.1, 0.15) is 10.4 Å². The standard InChI is InChI=1S/C10H9NOS3/c1-6-3-4-14-7(6)5-8-9(12)11(2)10(13)15-8/h3-5H,1-2H3/b8-5-. The number of aryl methyl sites for hydroxylation is 1. The molecule has 1 aliphatic rings. The van der Waals surface area contributed by atoms with E-state index in [1.165, 1.54) is 22.2 Å². The number of hydrogen-bond acceptors (Lipinski definition) is 4. The average Bonchev–Trinajstić information content (AvgIpc) is 2.69. The van der Waals surface area contributed by atoms with Gasteiger partial charge in [-0.2, -0.15) is 0 Å². The van der Waals surface area contributed by atoms with E-state index in [2.05, 4.69) is 0 Å². The Kier molecular flexibility index (Phi) is 2.95. The maximum Gasteiger partial charge on any atom is 0.265 e. The van der Waals surface area contributed by atoms with Gasteiger partial charge in [0.2, 0.25) is 0 Å². The monoisotopic (exact) mass is 255 g/mol. The molecular weight excluding hydrogens is 246 g/mol. The van der Waals surface area contributed by atoms with Crippen LogP contribution < -0.4 is 0 Å². The first-order valence-corrected chi connectivity index (χ1v) is 6.45. The highest BCUT2D eigenvalue weighted by Crippen LogP contribution is 2.32. The minimum absolute atomic E-state index is 0.00204. The van der Waals surface area contributed by atoms with Crippen LogP contribution in [0.4, 0.5) is 0 Å². The molecule has 0 aliphatic carbocycles. The predicted octanol–water partition coefficient (Wildman–Crippen LogP) is 2.89. The number of carbonyl (C=O) groups is 1. The lowest BCUT2D eigenvalue weighted by molar-refractivity contribution is -0.121. The lowest BCUT2D eigenvalue weighted by Gasteiger charge is -2.03. The zero-order valence-corrected chi connectivity index (χ0v) is 10.8. The van der Waals surface area contributed by atoms with E-state index in [-0.39, 0.29) is 5.91 Å². The van der Waals surface area contributed by atoms with Crippen LogP contribution in [0.2, 0.25) is 0 Å². The van der Waals surface area contributed by atoms with Crippen LogP contribution in [-0.2, 0) is 4.79 Å². The third-order valence-corrected chi connectivity index (χ3v) is 4.60. The summed E-state index contributed by atoms with van der Waals surface area (Å²) in [5, 5.41) is 2.02. The van der Waals surface area contributed by atoms with Crippen molar-refractivity contribution in [2.75, 3.05) is 7.05 Å². The Bertz CT molecular complexity index is 461. The third-order valence-electron chi connectivity index (χ3n) is 2.15. The van der Waals surface area contributed by atoms with E-state index >= 15 is 0 Å². The van der Waals surface area contributed by atoms with Gasteiger partial charge in [-0.1, -0.05) is 24.0 Å². The van der Waals surface area contributed by atoms with Gasteiger partial charge in [0.1, 0.15) is 4.32 Å². The molecule has 0 bridgehead atoms. The molecule has 0 aromatic carbocycles. The molecule has 0 saturated carbocycles.